The Labute approximate surface area is 153 Å². The van der Waals surface area contributed by atoms with Crippen molar-refractivity contribution in [1.29, 1.82) is 0 Å². The van der Waals surface area contributed by atoms with Crippen molar-refractivity contribution >= 4 is 11.8 Å². The average Bonchev–Trinajstić information content (AvgIpc) is 2.64. The molecule has 0 bridgehead atoms. The van der Waals surface area contributed by atoms with Crippen LogP contribution in [-0.2, 0) is 4.79 Å². The van der Waals surface area contributed by atoms with Gasteiger partial charge < -0.3 is 14.9 Å². The van der Waals surface area contributed by atoms with Crippen LogP contribution in [0.1, 0.15) is 54.4 Å². The maximum atomic E-state index is 12.7. The molecule has 2 aromatic rings. The minimum Gasteiger partial charge on any atom is -0.507 e. The van der Waals surface area contributed by atoms with Crippen LogP contribution in [0.4, 0.5) is 0 Å². The smallest absolute Gasteiger partial charge is 0.303 e. The van der Waals surface area contributed by atoms with Gasteiger partial charge in [-0.2, -0.15) is 0 Å². The van der Waals surface area contributed by atoms with Crippen molar-refractivity contribution < 1.29 is 24.5 Å². The van der Waals surface area contributed by atoms with Crippen molar-refractivity contribution in [3.8, 4) is 11.5 Å². The number of carbonyl (C=O) groups excluding carboxylic acids is 1. The van der Waals surface area contributed by atoms with E-state index in [1.54, 1.807) is 36.4 Å². The van der Waals surface area contributed by atoms with Gasteiger partial charge in [-0.25, -0.2) is 0 Å². The normalized spacial score (nSPS) is 10.5. The zero-order valence-corrected chi connectivity index (χ0v) is 14.7. The Morgan fingerprint density at radius 2 is 1.42 bits per heavy atom. The zero-order valence-electron chi connectivity index (χ0n) is 14.7. The van der Waals surface area contributed by atoms with Crippen LogP contribution in [0.15, 0.2) is 48.5 Å². The molecule has 0 spiro atoms. The van der Waals surface area contributed by atoms with Crippen molar-refractivity contribution in [1.82, 2.24) is 0 Å². The fourth-order valence-corrected chi connectivity index (χ4v) is 2.68. The van der Waals surface area contributed by atoms with Crippen LogP contribution in [-0.4, -0.2) is 28.6 Å². The lowest BCUT2D eigenvalue weighted by atomic mass is 10.0. The van der Waals surface area contributed by atoms with E-state index in [-0.39, 0.29) is 23.5 Å². The average molecular weight is 356 g/mol. The Kier molecular flexibility index (Phi) is 7.68. The summed E-state index contributed by atoms with van der Waals surface area (Å²) in [6, 6.07) is 13.5. The number of para-hydroxylation sites is 2. The molecule has 0 radical (unpaired) electrons. The van der Waals surface area contributed by atoms with Gasteiger partial charge in [0.1, 0.15) is 11.5 Å². The molecule has 0 unspecified atom stereocenters. The zero-order chi connectivity index (χ0) is 18.8. The minimum absolute atomic E-state index is 0.0475. The van der Waals surface area contributed by atoms with Crippen LogP contribution in [0.5, 0.6) is 11.5 Å². The number of rotatable bonds is 11. The summed E-state index contributed by atoms with van der Waals surface area (Å²) in [5.41, 5.74) is 0.678. The molecule has 0 aromatic heterocycles. The van der Waals surface area contributed by atoms with E-state index in [0.717, 1.165) is 25.7 Å². The lowest BCUT2D eigenvalue weighted by molar-refractivity contribution is -0.137. The van der Waals surface area contributed by atoms with Crippen molar-refractivity contribution in [2.24, 2.45) is 0 Å². The molecule has 0 aliphatic rings. The van der Waals surface area contributed by atoms with Gasteiger partial charge in [0.05, 0.1) is 17.7 Å². The van der Waals surface area contributed by atoms with Crippen LogP contribution >= 0.6 is 0 Å². The van der Waals surface area contributed by atoms with Gasteiger partial charge in [-0.15, -0.1) is 0 Å². The number of phenols is 1. The molecule has 2 N–H and O–H groups in total. The van der Waals surface area contributed by atoms with Crippen LogP contribution in [0.3, 0.4) is 0 Å². The van der Waals surface area contributed by atoms with E-state index in [9.17, 15) is 14.7 Å². The predicted octanol–water partition coefficient (Wildman–Crippen LogP) is 4.43. The molecule has 0 saturated heterocycles. The fraction of sp³-hybridized carbons (Fsp3) is 0.333. The molecule has 26 heavy (non-hydrogen) atoms. The molecule has 0 saturated carbocycles. The van der Waals surface area contributed by atoms with E-state index in [1.165, 1.54) is 6.07 Å². The number of carboxylic acid groups (broad SMARTS) is 1. The van der Waals surface area contributed by atoms with Gasteiger partial charge in [-0.1, -0.05) is 43.5 Å². The molecule has 0 amide bonds. The first-order chi connectivity index (χ1) is 12.6. The van der Waals surface area contributed by atoms with Gasteiger partial charge in [0.2, 0.25) is 0 Å². The van der Waals surface area contributed by atoms with E-state index >= 15 is 0 Å². The summed E-state index contributed by atoms with van der Waals surface area (Å²) < 4.78 is 5.77. The second-order valence-corrected chi connectivity index (χ2v) is 6.10. The predicted molar refractivity (Wildman–Crippen MR) is 98.8 cm³/mol. The van der Waals surface area contributed by atoms with Gasteiger partial charge in [-0.3, -0.25) is 9.59 Å². The standard InChI is InChI=1S/C21H24O5/c22-18-12-7-5-10-16(18)21(25)17-11-6-8-13-19(17)26-15-9-3-1-2-4-14-20(23)24/h5-8,10-13,22H,1-4,9,14-15H2,(H,23,24). The number of hydrogen-bond donors (Lipinski definition) is 2. The van der Waals surface area contributed by atoms with Gasteiger partial charge >= 0.3 is 5.97 Å². The highest BCUT2D eigenvalue weighted by atomic mass is 16.5. The highest BCUT2D eigenvalue weighted by Gasteiger charge is 2.17. The van der Waals surface area contributed by atoms with Gasteiger partial charge in [0.25, 0.3) is 0 Å². The first-order valence-electron chi connectivity index (χ1n) is 8.86. The molecule has 138 valence electrons. The van der Waals surface area contributed by atoms with Crippen molar-refractivity contribution in [2.45, 2.75) is 38.5 Å². The number of unbranched alkanes of at least 4 members (excludes halogenated alkanes) is 4. The Morgan fingerprint density at radius 1 is 0.808 bits per heavy atom. The molecule has 5 nitrogen and oxygen atoms in total. The summed E-state index contributed by atoms with van der Waals surface area (Å²) in [4.78, 5) is 23.1. The Hall–Kier alpha value is -2.82. The number of carboxylic acids is 1. The highest BCUT2D eigenvalue weighted by molar-refractivity contribution is 6.12. The van der Waals surface area contributed by atoms with Crippen LogP contribution in [0.2, 0.25) is 0 Å². The molecule has 0 fully saturated rings. The number of benzene rings is 2. The molecule has 2 aromatic carbocycles. The van der Waals surface area contributed by atoms with Gasteiger partial charge in [-0.05, 0) is 37.1 Å². The molecule has 0 atom stereocenters. The summed E-state index contributed by atoms with van der Waals surface area (Å²) in [6.45, 7) is 0.490. The minimum atomic E-state index is -0.751. The second kappa shape index (κ2) is 10.2. The summed E-state index contributed by atoms with van der Waals surface area (Å²) in [7, 11) is 0. The number of aromatic hydroxyl groups is 1. The first-order valence-corrected chi connectivity index (χ1v) is 8.86. The maximum absolute atomic E-state index is 12.7. The number of aliphatic carboxylic acids is 1. The summed E-state index contributed by atoms with van der Waals surface area (Å²) in [5, 5.41) is 18.5. The lowest BCUT2D eigenvalue weighted by Crippen LogP contribution is -2.06. The van der Waals surface area contributed by atoms with E-state index < -0.39 is 5.97 Å². The third-order valence-corrected chi connectivity index (χ3v) is 4.07. The van der Waals surface area contributed by atoms with Gasteiger partial charge in [0, 0.05) is 6.42 Å². The summed E-state index contributed by atoms with van der Waals surface area (Å²) in [5.74, 6) is -0.563. The number of phenolic OH excluding ortho intramolecular Hbond substituents is 1. The van der Waals surface area contributed by atoms with E-state index in [2.05, 4.69) is 0 Å². The molecule has 0 aliphatic carbocycles. The SMILES string of the molecule is O=C(O)CCCCCCCOc1ccccc1C(=O)c1ccccc1O. The van der Waals surface area contributed by atoms with E-state index in [0.29, 0.717) is 24.3 Å². The van der Waals surface area contributed by atoms with E-state index in [1.807, 2.05) is 6.07 Å². The molecule has 0 aliphatic heterocycles. The lowest BCUT2D eigenvalue weighted by Gasteiger charge is -2.11. The van der Waals surface area contributed by atoms with Crippen molar-refractivity contribution in [3.05, 3.63) is 59.7 Å². The monoisotopic (exact) mass is 356 g/mol. The number of carbonyl (C=O) groups is 2. The molecule has 5 heteroatoms. The van der Waals surface area contributed by atoms with Crippen molar-refractivity contribution in [2.75, 3.05) is 6.61 Å². The second-order valence-electron chi connectivity index (χ2n) is 6.10. The van der Waals surface area contributed by atoms with Crippen molar-refractivity contribution in [3.63, 3.8) is 0 Å². The largest absolute Gasteiger partial charge is 0.507 e. The third kappa shape index (κ3) is 5.92. The first kappa shape index (κ1) is 19.5. The number of hydrogen-bond acceptors (Lipinski definition) is 4. The molecular formula is C21H24O5. The molecule has 2 rings (SSSR count). The van der Waals surface area contributed by atoms with E-state index in [4.69, 9.17) is 9.84 Å². The topological polar surface area (TPSA) is 83.8 Å². The Balaban J connectivity index is 1.85. The van der Waals surface area contributed by atoms with Crippen LogP contribution < -0.4 is 4.74 Å². The van der Waals surface area contributed by atoms with Crippen LogP contribution in [0, 0.1) is 0 Å². The van der Waals surface area contributed by atoms with Crippen LogP contribution in [0.25, 0.3) is 0 Å². The summed E-state index contributed by atoms with van der Waals surface area (Å²) in [6.07, 6.45) is 4.58. The molecular weight excluding hydrogens is 332 g/mol. The number of ketones is 1. The molecule has 0 heterocycles. The Bertz CT molecular complexity index is 739. The fourth-order valence-electron chi connectivity index (χ4n) is 2.68. The quantitative estimate of drug-likeness (QED) is 0.460. The highest BCUT2D eigenvalue weighted by Crippen LogP contribution is 2.26. The summed E-state index contributed by atoms with van der Waals surface area (Å²) >= 11 is 0. The third-order valence-electron chi connectivity index (χ3n) is 4.07. The van der Waals surface area contributed by atoms with Gasteiger partial charge in [0.15, 0.2) is 5.78 Å². The Morgan fingerprint density at radius 3 is 2.15 bits per heavy atom. The maximum Gasteiger partial charge on any atom is 0.303 e. The number of ether oxygens (including phenoxy) is 1.